The number of hydrogen-bond acceptors (Lipinski definition) is 4. The van der Waals surface area contributed by atoms with Crippen molar-refractivity contribution in [1.29, 1.82) is 0 Å². The zero-order valence-electron chi connectivity index (χ0n) is 14.4. The number of nitrogens with one attached hydrogen (secondary N) is 1. The average molecular weight is 325 g/mol. The first-order valence-corrected chi connectivity index (χ1v) is 8.50. The van der Waals surface area contributed by atoms with Gasteiger partial charge in [0.05, 0.1) is 12.2 Å². The van der Waals surface area contributed by atoms with Gasteiger partial charge in [0, 0.05) is 29.3 Å². The molecular weight excluding hydrogens is 302 g/mol. The van der Waals surface area contributed by atoms with Crippen LogP contribution in [0.2, 0.25) is 0 Å². The molecule has 4 nitrogen and oxygen atoms in total. The van der Waals surface area contributed by atoms with Gasteiger partial charge >= 0.3 is 5.97 Å². The first-order chi connectivity index (χ1) is 11.5. The Morgan fingerprint density at radius 3 is 2.58 bits per heavy atom. The van der Waals surface area contributed by atoms with E-state index in [4.69, 9.17) is 4.74 Å². The first kappa shape index (κ1) is 16.5. The predicted molar refractivity (Wildman–Crippen MR) is 92.3 cm³/mol. The molecule has 0 fully saturated rings. The van der Waals surface area contributed by atoms with Crippen molar-refractivity contribution in [2.24, 2.45) is 0 Å². The van der Waals surface area contributed by atoms with Gasteiger partial charge in [0.25, 0.3) is 0 Å². The van der Waals surface area contributed by atoms with Gasteiger partial charge in [-0.25, -0.2) is 4.79 Å². The molecule has 1 atom stereocenters. The number of esters is 1. The van der Waals surface area contributed by atoms with Gasteiger partial charge in [-0.1, -0.05) is 29.8 Å². The summed E-state index contributed by atoms with van der Waals surface area (Å²) in [5.41, 5.74) is 5.14. The Bertz CT molecular complexity index is 741. The fraction of sp³-hybridized carbons (Fsp3) is 0.400. The second-order valence-electron chi connectivity index (χ2n) is 6.40. The molecule has 0 spiro atoms. The van der Waals surface area contributed by atoms with E-state index in [1.54, 1.807) is 6.92 Å². The molecule has 126 valence electrons. The number of aryl methyl sites for hydroxylation is 1. The molecule has 0 amide bonds. The van der Waals surface area contributed by atoms with Crippen molar-refractivity contribution in [3.05, 3.63) is 57.9 Å². The molecule has 4 heteroatoms. The first-order valence-electron chi connectivity index (χ1n) is 8.50. The summed E-state index contributed by atoms with van der Waals surface area (Å²) < 4.78 is 5.27. The summed E-state index contributed by atoms with van der Waals surface area (Å²) in [5.74, 6) is -0.560. The van der Waals surface area contributed by atoms with Crippen LogP contribution in [0, 0.1) is 6.92 Å². The molecule has 0 aromatic heterocycles. The fourth-order valence-electron chi connectivity index (χ4n) is 3.55. The number of carbonyl (C=O) groups is 2. The van der Waals surface area contributed by atoms with Crippen molar-refractivity contribution in [3.63, 3.8) is 0 Å². The van der Waals surface area contributed by atoms with E-state index in [0.29, 0.717) is 18.6 Å². The molecule has 1 N–H and O–H groups in total. The minimum Gasteiger partial charge on any atom is -0.463 e. The summed E-state index contributed by atoms with van der Waals surface area (Å²) in [4.78, 5) is 25.2. The highest BCUT2D eigenvalue weighted by Crippen LogP contribution is 2.42. The van der Waals surface area contributed by atoms with E-state index >= 15 is 0 Å². The number of carbonyl (C=O) groups excluding carboxylic acids is 2. The maximum absolute atomic E-state index is 12.6. The predicted octanol–water partition coefficient (Wildman–Crippen LogP) is 3.53. The molecule has 2 aliphatic rings. The SMILES string of the molecule is CCOC(=O)C1=C(C)NC2=C(C(=O)CCC2)C1c1ccc(C)cc1. The third-order valence-electron chi connectivity index (χ3n) is 4.68. The van der Waals surface area contributed by atoms with E-state index in [2.05, 4.69) is 5.32 Å². The maximum Gasteiger partial charge on any atom is 0.336 e. The van der Waals surface area contributed by atoms with Crippen molar-refractivity contribution < 1.29 is 14.3 Å². The number of Topliss-reactive ketones (excluding diaryl/α,β-unsaturated/α-hetero) is 1. The van der Waals surface area contributed by atoms with Gasteiger partial charge in [-0.05, 0) is 39.2 Å². The van der Waals surface area contributed by atoms with Crippen LogP contribution in [-0.4, -0.2) is 18.4 Å². The normalized spacial score (nSPS) is 20.6. The zero-order chi connectivity index (χ0) is 17.3. The monoisotopic (exact) mass is 325 g/mol. The van der Waals surface area contributed by atoms with Crippen LogP contribution in [-0.2, 0) is 14.3 Å². The topological polar surface area (TPSA) is 55.4 Å². The summed E-state index contributed by atoms with van der Waals surface area (Å²) >= 11 is 0. The van der Waals surface area contributed by atoms with E-state index < -0.39 is 0 Å². The summed E-state index contributed by atoms with van der Waals surface area (Å²) in [6.07, 6.45) is 2.24. The van der Waals surface area contributed by atoms with Gasteiger partial charge in [0.15, 0.2) is 5.78 Å². The van der Waals surface area contributed by atoms with Gasteiger partial charge in [-0.2, -0.15) is 0 Å². The summed E-state index contributed by atoms with van der Waals surface area (Å²) in [6, 6.07) is 8.04. The van der Waals surface area contributed by atoms with Crippen LogP contribution < -0.4 is 5.32 Å². The van der Waals surface area contributed by atoms with Crippen molar-refractivity contribution in [3.8, 4) is 0 Å². The quantitative estimate of drug-likeness (QED) is 0.864. The number of dihydropyridines is 1. The largest absolute Gasteiger partial charge is 0.463 e. The Morgan fingerprint density at radius 1 is 1.21 bits per heavy atom. The van der Waals surface area contributed by atoms with Crippen molar-refractivity contribution >= 4 is 11.8 Å². The van der Waals surface area contributed by atoms with Crippen LogP contribution in [0.25, 0.3) is 0 Å². The lowest BCUT2D eigenvalue weighted by Crippen LogP contribution is -2.34. The molecule has 1 aromatic rings. The molecule has 0 saturated carbocycles. The van der Waals surface area contributed by atoms with E-state index in [0.717, 1.165) is 40.9 Å². The second kappa shape index (κ2) is 6.63. The molecule has 3 rings (SSSR count). The molecule has 1 aliphatic heterocycles. The molecule has 0 saturated heterocycles. The lowest BCUT2D eigenvalue weighted by Gasteiger charge is -2.34. The van der Waals surface area contributed by atoms with Gasteiger partial charge < -0.3 is 10.1 Å². The molecule has 1 unspecified atom stereocenters. The average Bonchev–Trinajstić information content (AvgIpc) is 2.55. The Morgan fingerprint density at radius 2 is 1.92 bits per heavy atom. The van der Waals surface area contributed by atoms with Crippen molar-refractivity contribution in [2.75, 3.05) is 6.61 Å². The Labute approximate surface area is 142 Å². The minimum absolute atomic E-state index is 0.128. The highest BCUT2D eigenvalue weighted by atomic mass is 16.5. The van der Waals surface area contributed by atoms with Crippen LogP contribution in [0.3, 0.4) is 0 Å². The number of benzene rings is 1. The fourth-order valence-corrected chi connectivity index (χ4v) is 3.55. The zero-order valence-corrected chi connectivity index (χ0v) is 14.4. The standard InChI is InChI=1S/C20H23NO3/c1-4-24-20(23)17-13(3)21-15-6-5-7-16(22)19(15)18(17)14-10-8-12(2)9-11-14/h8-11,18,21H,4-7H2,1-3H3. The lowest BCUT2D eigenvalue weighted by molar-refractivity contribution is -0.138. The van der Waals surface area contributed by atoms with Gasteiger partial charge in [0.1, 0.15) is 0 Å². The molecule has 0 radical (unpaired) electrons. The molecule has 1 aliphatic carbocycles. The molecule has 0 bridgehead atoms. The number of ether oxygens (including phenoxy) is 1. The summed E-state index contributed by atoms with van der Waals surface area (Å²) in [6.45, 7) is 6.02. The van der Waals surface area contributed by atoms with E-state index in [-0.39, 0.29) is 17.7 Å². The van der Waals surface area contributed by atoms with Crippen LogP contribution >= 0.6 is 0 Å². The summed E-state index contributed by atoms with van der Waals surface area (Å²) in [7, 11) is 0. The Kier molecular flexibility index (Phi) is 4.56. The van der Waals surface area contributed by atoms with E-state index in [1.165, 1.54) is 0 Å². The maximum atomic E-state index is 12.6. The summed E-state index contributed by atoms with van der Waals surface area (Å²) in [5, 5.41) is 3.29. The Balaban J connectivity index is 2.15. The number of rotatable bonds is 3. The third kappa shape index (κ3) is 2.88. The highest BCUT2D eigenvalue weighted by Gasteiger charge is 2.38. The van der Waals surface area contributed by atoms with Crippen LogP contribution in [0.4, 0.5) is 0 Å². The smallest absolute Gasteiger partial charge is 0.336 e. The van der Waals surface area contributed by atoms with Crippen LogP contribution in [0.15, 0.2) is 46.8 Å². The van der Waals surface area contributed by atoms with Gasteiger partial charge in [-0.15, -0.1) is 0 Å². The van der Waals surface area contributed by atoms with Crippen molar-refractivity contribution in [2.45, 2.75) is 46.0 Å². The lowest BCUT2D eigenvalue weighted by atomic mass is 9.75. The third-order valence-corrected chi connectivity index (χ3v) is 4.68. The molecule has 1 aromatic carbocycles. The number of allylic oxidation sites excluding steroid dienone is 3. The number of ketones is 1. The molecule has 24 heavy (non-hydrogen) atoms. The molecule has 1 heterocycles. The number of hydrogen-bond donors (Lipinski definition) is 1. The Hall–Kier alpha value is -2.36. The molecular formula is C20H23NO3. The van der Waals surface area contributed by atoms with Crippen LogP contribution in [0.5, 0.6) is 0 Å². The second-order valence-corrected chi connectivity index (χ2v) is 6.40. The van der Waals surface area contributed by atoms with Crippen LogP contribution in [0.1, 0.15) is 50.2 Å². The van der Waals surface area contributed by atoms with E-state index in [1.807, 2.05) is 38.1 Å². The van der Waals surface area contributed by atoms with Gasteiger partial charge in [0.2, 0.25) is 0 Å². The van der Waals surface area contributed by atoms with Gasteiger partial charge in [-0.3, -0.25) is 4.79 Å². The minimum atomic E-state index is -0.349. The van der Waals surface area contributed by atoms with E-state index in [9.17, 15) is 9.59 Å². The highest BCUT2D eigenvalue weighted by molar-refractivity contribution is 6.03. The van der Waals surface area contributed by atoms with Crippen molar-refractivity contribution in [1.82, 2.24) is 5.32 Å².